The van der Waals surface area contributed by atoms with E-state index in [1.807, 2.05) is 13.0 Å². The quantitative estimate of drug-likeness (QED) is 0.856. The van der Waals surface area contributed by atoms with E-state index in [2.05, 4.69) is 27.3 Å². The minimum Gasteiger partial charge on any atom is -0.376 e. The van der Waals surface area contributed by atoms with Crippen LogP contribution in [-0.4, -0.2) is 38.8 Å². The van der Waals surface area contributed by atoms with E-state index in [0.717, 1.165) is 18.1 Å². The van der Waals surface area contributed by atoms with Gasteiger partial charge in [-0.25, -0.2) is 4.98 Å². The maximum Gasteiger partial charge on any atom is 0.254 e. The second-order valence-electron chi connectivity index (χ2n) is 5.85. The van der Waals surface area contributed by atoms with Crippen LogP contribution in [0.3, 0.4) is 0 Å². The molecule has 6 heteroatoms. The Bertz CT molecular complexity index is 597. The number of rotatable bonds is 5. The summed E-state index contributed by atoms with van der Waals surface area (Å²) in [6.07, 6.45) is 7.08. The van der Waals surface area contributed by atoms with Crippen LogP contribution in [0.15, 0.2) is 12.4 Å². The fourth-order valence-corrected chi connectivity index (χ4v) is 2.98. The summed E-state index contributed by atoms with van der Waals surface area (Å²) >= 11 is 0. The molecule has 0 aromatic carbocycles. The van der Waals surface area contributed by atoms with Crippen molar-refractivity contribution in [2.75, 3.05) is 18.5 Å². The summed E-state index contributed by atoms with van der Waals surface area (Å²) in [5.74, 6) is 2.22. The lowest BCUT2D eigenvalue weighted by Gasteiger charge is -2.28. The standard InChI is InChI=1S/C15H23N5O/c1-11-5-3-4-6-13(11)21-8-7-16-14-9-12(2)19-15-17-10-18-20(14)15/h9-11,13,16H,3-8H2,1-2H3/t11-,13+/m0/s1. The van der Waals surface area contributed by atoms with Gasteiger partial charge in [-0.3, -0.25) is 0 Å². The molecule has 0 spiro atoms. The fourth-order valence-electron chi connectivity index (χ4n) is 2.98. The lowest BCUT2D eigenvalue weighted by atomic mass is 9.88. The highest BCUT2D eigenvalue weighted by molar-refractivity contribution is 5.44. The molecule has 1 fully saturated rings. The first-order valence-corrected chi connectivity index (χ1v) is 7.77. The van der Waals surface area contributed by atoms with Gasteiger partial charge in [0, 0.05) is 18.3 Å². The first-order valence-electron chi connectivity index (χ1n) is 7.77. The highest BCUT2D eigenvalue weighted by Crippen LogP contribution is 2.26. The van der Waals surface area contributed by atoms with Crippen molar-refractivity contribution >= 4 is 11.6 Å². The summed E-state index contributed by atoms with van der Waals surface area (Å²) < 4.78 is 7.74. The van der Waals surface area contributed by atoms with Crippen LogP contribution in [0, 0.1) is 12.8 Å². The highest BCUT2D eigenvalue weighted by Gasteiger charge is 2.21. The molecule has 0 unspecified atom stereocenters. The third-order valence-corrected chi connectivity index (χ3v) is 4.15. The Morgan fingerprint density at radius 1 is 1.38 bits per heavy atom. The van der Waals surface area contributed by atoms with Gasteiger partial charge in [0.05, 0.1) is 12.7 Å². The van der Waals surface area contributed by atoms with E-state index in [0.29, 0.717) is 24.4 Å². The molecule has 114 valence electrons. The fraction of sp³-hybridized carbons (Fsp3) is 0.667. The van der Waals surface area contributed by atoms with Gasteiger partial charge in [-0.1, -0.05) is 19.8 Å². The van der Waals surface area contributed by atoms with Crippen molar-refractivity contribution < 1.29 is 4.74 Å². The van der Waals surface area contributed by atoms with Gasteiger partial charge in [-0.2, -0.15) is 14.6 Å². The van der Waals surface area contributed by atoms with E-state index in [9.17, 15) is 0 Å². The number of hydrogen-bond donors (Lipinski definition) is 1. The second-order valence-corrected chi connectivity index (χ2v) is 5.85. The first kappa shape index (κ1) is 14.3. The predicted molar refractivity (Wildman–Crippen MR) is 81.4 cm³/mol. The lowest BCUT2D eigenvalue weighted by Crippen LogP contribution is -2.27. The molecule has 2 aromatic rings. The Labute approximate surface area is 124 Å². The number of aromatic nitrogens is 4. The molecule has 21 heavy (non-hydrogen) atoms. The molecule has 3 rings (SSSR count). The number of hydrogen-bond acceptors (Lipinski definition) is 5. The summed E-state index contributed by atoms with van der Waals surface area (Å²) in [5, 5.41) is 7.54. The third kappa shape index (κ3) is 3.32. The molecular weight excluding hydrogens is 266 g/mol. The molecule has 0 bridgehead atoms. The van der Waals surface area contributed by atoms with Crippen LogP contribution in [0.4, 0.5) is 5.82 Å². The van der Waals surface area contributed by atoms with Crippen molar-refractivity contribution in [2.45, 2.75) is 45.6 Å². The molecule has 1 aliphatic rings. The lowest BCUT2D eigenvalue weighted by molar-refractivity contribution is 0.000363. The number of nitrogens with zero attached hydrogens (tertiary/aromatic N) is 4. The zero-order valence-electron chi connectivity index (χ0n) is 12.7. The van der Waals surface area contributed by atoms with Gasteiger partial charge in [0.2, 0.25) is 0 Å². The van der Waals surface area contributed by atoms with E-state index in [1.54, 1.807) is 4.52 Å². The van der Waals surface area contributed by atoms with Gasteiger partial charge in [-0.15, -0.1) is 0 Å². The smallest absolute Gasteiger partial charge is 0.254 e. The van der Waals surface area contributed by atoms with Crippen LogP contribution in [0.25, 0.3) is 5.78 Å². The normalized spacial score (nSPS) is 22.6. The Balaban J connectivity index is 1.53. The van der Waals surface area contributed by atoms with Crippen LogP contribution >= 0.6 is 0 Å². The average molecular weight is 289 g/mol. The van der Waals surface area contributed by atoms with Gasteiger partial charge in [-0.05, 0) is 25.7 Å². The summed E-state index contributed by atoms with van der Waals surface area (Å²) in [6.45, 7) is 5.73. The van der Waals surface area contributed by atoms with Crippen molar-refractivity contribution in [2.24, 2.45) is 5.92 Å². The van der Waals surface area contributed by atoms with Crippen molar-refractivity contribution in [3.05, 3.63) is 18.1 Å². The Morgan fingerprint density at radius 2 is 2.24 bits per heavy atom. The Kier molecular flexibility index (Phi) is 4.34. The minimum absolute atomic E-state index is 0.422. The molecule has 0 radical (unpaired) electrons. The molecule has 2 atom stereocenters. The number of ether oxygens (including phenoxy) is 1. The summed E-state index contributed by atoms with van der Waals surface area (Å²) in [6, 6.07) is 1.98. The van der Waals surface area contributed by atoms with Crippen molar-refractivity contribution in [3.63, 3.8) is 0 Å². The van der Waals surface area contributed by atoms with Crippen LogP contribution in [0.5, 0.6) is 0 Å². The highest BCUT2D eigenvalue weighted by atomic mass is 16.5. The van der Waals surface area contributed by atoms with Crippen molar-refractivity contribution in [1.29, 1.82) is 0 Å². The molecule has 1 N–H and O–H groups in total. The number of aryl methyl sites for hydroxylation is 1. The van der Waals surface area contributed by atoms with E-state index in [4.69, 9.17) is 4.74 Å². The van der Waals surface area contributed by atoms with Crippen molar-refractivity contribution in [1.82, 2.24) is 19.6 Å². The van der Waals surface area contributed by atoms with Gasteiger partial charge in [0.1, 0.15) is 12.1 Å². The average Bonchev–Trinajstić information content (AvgIpc) is 2.93. The molecule has 2 heterocycles. The Morgan fingerprint density at radius 3 is 3.10 bits per heavy atom. The minimum atomic E-state index is 0.422. The second kappa shape index (κ2) is 6.39. The van der Waals surface area contributed by atoms with Crippen LogP contribution in [-0.2, 0) is 4.74 Å². The van der Waals surface area contributed by atoms with E-state index < -0.39 is 0 Å². The summed E-state index contributed by atoms with van der Waals surface area (Å²) in [5.41, 5.74) is 0.930. The number of anilines is 1. The Hall–Kier alpha value is -1.69. The molecule has 1 saturated carbocycles. The molecular formula is C15H23N5O. The van der Waals surface area contributed by atoms with E-state index >= 15 is 0 Å². The first-order chi connectivity index (χ1) is 10.2. The van der Waals surface area contributed by atoms with Gasteiger partial charge >= 0.3 is 0 Å². The zero-order valence-corrected chi connectivity index (χ0v) is 12.7. The number of fused-ring (bicyclic) bond motifs is 1. The molecule has 0 aliphatic heterocycles. The molecule has 6 nitrogen and oxygen atoms in total. The summed E-state index contributed by atoms with van der Waals surface area (Å²) in [4.78, 5) is 8.45. The van der Waals surface area contributed by atoms with Crippen LogP contribution in [0.1, 0.15) is 38.3 Å². The molecule has 0 amide bonds. The summed E-state index contributed by atoms with van der Waals surface area (Å²) in [7, 11) is 0. The maximum absolute atomic E-state index is 6.02. The van der Waals surface area contributed by atoms with Gasteiger partial charge in [0.15, 0.2) is 0 Å². The van der Waals surface area contributed by atoms with Gasteiger partial charge in [0.25, 0.3) is 5.78 Å². The van der Waals surface area contributed by atoms with Crippen molar-refractivity contribution in [3.8, 4) is 0 Å². The topological polar surface area (TPSA) is 64.3 Å². The third-order valence-electron chi connectivity index (χ3n) is 4.15. The maximum atomic E-state index is 6.02. The SMILES string of the molecule is Cc1cc(NCCO[C@@H]2CCCC[C@@H]2C)n2ncnc2n1. The predicted octanol–water partition coefficient (Wildman–Crippen LogP) is 2.44. The zero-order chi connectivity index (χ0) is 14.7. The van der Waals surface area contributed by atoms with Crippen LogP contribution < -0.4 is 5.32 Å². The van der Waals surface area contributed by atoms with Gasteiger partial charge < -0.3 is 10.1 Å². The van der Waals surface area contributed by atoms with E-state index in [1.165, 1.54) is 32.0 Å². The molecule has 2 aromatic heterocycles. The monoisotopic (exact) mass is 289 g/mol. The molecule has 1 aliphatic carbocycles. The largest absolute Gasteiger partial charge is 0.376 e. The van der Waals surface area contributed by atoms with E-state index in [-0.39, 0.29) is 0 Å². The molecule has 0 saturated heterocycles. The van der Waals surface area contributed by atoms with Crippen LogP contribution in [0.2, 0.25) is 0 Å². The number of nitrogens with one attached hydrogen (secondary N) is 1.